The van der Waals surface area contributed by atoms with Gasteiger partial charge in [0.05, 0.1) is 4.90 Å². The zero-order valence-corrected chi connectivity index (χ0v) is 14.4. The highest BCUT2D eigenvalue weighted by Gasteiger charge is 2.13. The van der Waals surface area contributed by atoms with E-state index in [0.717, 1.165) is 6.26 Å². The Hall–Kier alpha value is -2.67. The molecule has 0 aliphatic carbocycles. The van der Waals surface area contributed by atoms with Gasteiger partial charge < -0.3 is 10.6 Å². The molecule has 0 aromatic heterocycles. The molecule has 6 nitrogen and oxygen atoms in total. The van der Waals surface area contributed by atoms with Crippen molar-refractivity contribution in [1.29, 1.82) is 0 Å². The van der Waals surface area contributed by atoms with Crippen LogP contribution in [0.25, 0.3) is 0 Å². The molecule has 0 unspecified atom stereocenters. The van der Waals surface area contributed by atoms with Crippen LogP contribution in [0.15, 0.2) is 47.4 Å². The molecule has 0 saturated heterocycles. The highest BCUT2D eigenvalue weighted by atomic mass is 32.2. The average molecular weight is 346 g/mol. The molecular formula is C17H18N2O4S. The SMILES string of the molecule is CC(=O)Nc1cccc(NC(=O)c2cccc(S(C)(=O)=O)c2)c1C. The number of hydrogen-bond acceptors (Lipinski definition) is 4. The van der Waals surface area contributed by atoms with Crippen LogP contribution in [-0.2, 0) is 14.6 Å². The lowest BCUT2D eigenvalue weighted by Crippen LogP contribution is -2.15. The first-order valence-electron chi connectivity index (χ1n) is 7.17. The minimum Gasteiger partial charge on any atom is -0.326 e. The van der Waals surface area contributed by atoms with Gasteiger partial charge in [0.2, 0.25) is 5.91 Å². The van der Waals surface area contributed by atoms with Crippen LogP contribution in [0.5, 0.6) is 0 Å². The molecule has 0 atom stereocenters. The van der Waals surface area contributed by atoms with Crippen molar-refractivity contribution >= 4 is 33.0 Å². The third kappa shape index (κ3) is 4.20. The molecular weight excluding hydrogens is 328 g/mol. The lowest BCUT2D eigenvalue weighted by atomic mass is 10.1. The predicted molar refractivity (Wildman–Crippen MR) is 93.0 cm³/mol. The molecule has 0 heterocycles. The molecule has 2 aromatic rings. The molecule has 7 heteroatoms. The standard InChI is InChI=1S/C17H18N2O4S/c1-11-15(18-12(2)20)8-5-9-16(11)19-17(21)13-6-4-7-14(10-13)24(3,22)23/h4-10H,1-3H3,(H,18,20)(H,19,21). The van der Waals surface area contributed by atoms with Crippen LogP contribution in [0.3, 0.4) is 0 Å². The molecule has 2 aromatic carbocycles. The summed E-state index contributed by atoms with van der Waals surface area (Å²) in [6.07, 6.45) is 1.09. The first-order chi connectivity index (χ1) is 11.2. The monoisotopic (exact) mass is 346 g/mol. The van der Waals surface area contributed by atoms with Gasteiger partial charge in [0.1, 0.15) is 0 Å². The summed E-state index contributed by atoms with van der Waals surface area (Å²) in [5.41, 5.74) is 2.09. The second-order valence-corrected chi connectivity index (χ2v) is 7.43. The number of carbonyl (C=O) groups is 2. The van der Waals surface area contributed by atoms with Crippen molar-refractivity contribution in [2.45, 2.75) is 18.7 Å². The summed E-state index contributed by atoms with van der Waals surface area (Å²) in [4.78, 5) is 23.7. The molecule has 0 aliphatic rings. The van der Waals surface area contributed by atoms with Gasteiger partial charge in [-0.25, -0.2) is 8.42 Å². The fourth-order valence-electron chi connectivity index (χ4n) is 2.16. The normalized spacial score (nSPS) is 11.0. The number of carbonyl (C=O) groups excluding carboxylic acids is 2. The van der Waals surface area contributed by atoms with Crippen LogP contribution in [0.2, 0.25) is 0 Å². The maximum atomic E-state index is 12.4. The predicted octanol–water partition coefficient (Wildman–Crippen LogP) is 2.61. The van der Waals surface area contributed by atoms with Gasteiger partial charge in [-0.15, -0.1) is 0 Å². The van der Waals surface area contributed by atoms with Crippen LogP contribution >= 0.6 is 0 Å². The van der Waals surface area contributed by atoms with Crippen molar-refractivity contribution in [2.24, 2.45) is 0 Å². The minimum atomic E-state index is -3.39. The largest absolute Gasteiger partial charge is 0.326 e. The van der Waals surface area contributed by atoms with Crippen molar-refractivity contribution in [3.05, 3.63) is 53.6 Å². The van der Waals surface area contributed by atoms with Gasteiger partial charge in [-0.2, -0.15) is 0 Å². The molecule has 0 spiro atoms. The van der Waals surface area contributed by atoms with E-state index < -0.39 is 15.7 Å². The van der Waals surface area contributed by atoms with E-state index in [-0.39, 0.29) is 16.4 Å². The number of rotatable bonds is 4. The van der Waals surface area contributed by atoms with Crippen LogP contribution in [0.1, 0.15) is 22.8 Å². The molecule has 0 saturated carbocycles. The number of sulfone groups is 1. The van der Waals surface area contributed by atoms with Gasteiger partial charge in [0.15, 0.2) is 9.84 Å². The molecule has 24 heavy (non-hydrogen) atoms. The molecule has 2 rings (SSSR count). The van der Waals surface area contributed by atoms with Crippen molar-refractivity contribution < 1.29 is 18.0 Å². The van der Waals surface area contributed by atoms with Crippen LogP contribution in [0, 0.1) is 6.92 Å². The Bertz CT molecular complexity index is 905. The summed E-state index contributed by atoms with van der Waals surface area (Å²) in [5.74, 6) is -0.633. The molecule has 2 amide bonds. The lowest BCUT2D eigenvalue weighted by Gasteiger charge is -2.13. The highest BCUT2D eigenvalue weighted by Crippen LogP contribution is 2.24. The van der Waals surface area contributed by atoms with Crippen molar-refractivity contribution in [3.8, 4) is 0 Å². The fraction of sp³-hybridized carbons (Fsp3) is 0.176. The zero-order valence-electron chi connectivity index (χ0n) is 13.6. The molecule has 126 valence electrons. The zero-order chi connectivity index (χ0) is 17.9. The van der Waals surface area contributed by atoms with E-state index in [1.54, 1.807) is 25.1 Å². The Morgan fingerprint density at radius 1 is 0.958 bits per heavy atom. The maximum absolute atomic E-state index is 12.4. The second-order valence-electron chi connectivity index (χ2n) is 5.41. The van der Waals surface area contributed by atoms with E-state index in [9.17, 15) is 18.0 Å². The molecule has 0 fully saturated rings. The smallest absolute Gasteiger partial charge is 0.255 e. The number of anilines is 2. The van der Waals surface area contributed by atoms with Crippen LogP contribution in [0.4, 0.5) is 11.4 Å². The molecule has 0 aliphatic heterocycles. The Kier molecular flexibility index (Phi) is 5.04. The van der Waals surface area contributed by atoms with Crippen LogP contribution < -0.4 is 10.6 Å². The van der Waals surface area contributed by atoms with Crippen molar-refractivity contribution in [3.63, 3.8) is 0 Å². The van der Waals surface area contributed by atoms with E-state index >= 15 is 0 Å². The van der Waals surface area contributed by atoms with Gasteiger partial charge in [-0.05, 0) is 42.8 Å². The summed E-state index contributed by atoms with van der Waals surface area (Å²) < 4.78 is 23.2. The van der Waals surface area contributed by atoms with E-state index in [4.69, 9.17) is 0 Å². The van der Waals surface area contributed by atoms with Gasteiger partial charge >= 0.3 is 0 Å². The Morgan fingerprint density at radius 2 is 1.54 bits per heavy atom. The molecule has 0 radical (unpaired) electrons. The van der Waals surface area contributed by atoms with Crippen molar-refractivity contribution in [1.82, 2.24) is 0 Å². The van der Waals surface area contributed by atoms with Crippen molar-refractivity contribution in [2.75, 3.05) is 16.9 Å². The summed E-state index contributed by atoms with van der Waals surface area (Å²) in [5, 5.41) is 5.42. The Labute approximate surface area is 140 Å². The van der Waals surface area contributed by atoms with Gasteiger partial charge in [0, 0.05) is 30.1 Å². The minimum absolute atomic E-state index is 0.0823. The van der Waals surface area contributed by atoms with E-state index in [1.807, 2.05) is 0 Å². The van der Waals surface area contributed by atoms with E-state index in [0.29, 0.717) is 16.9 Å². The fourth-order valence-corrected chi connectivity index (χ4v) is 2.83. The van der Waals surface area contributed by atoms with Gasteiger partial charge in [-0.3, -0.25) is 9.59 Å². The third-order valence-corrected chi connectivity index (χ3v) is 4.53. The quantitative estimate of drug-likeness (QED) is 0.890. The van der Waals surface area contributed by atoms with E-state index in [1.165, 1.54) is 31.2 Å². The van der Waals surface area contributed by atoms with Gasteiger partial charge in [-0.1, -0.05) is 12.1 Å². The van der Waals surface area contributed by atoms with E-state index in [2.05, 4.69) is 10.6 Å². The third-order valence-electron chi connectivity index (χ3n) is 3.42. The summed E-state index contributed by atoms with van der Waals surface area (Å²) in [7, 11) is -3.39. The van der Waals surface area contributed by atoms with Gasteiger partial charge in [0.25, 0.3) is 5.91 Å². The number of nitrogens with one attached hydrogen (secondary N) is 2. The second kappa shape index (κ2) is 6.84. The number of amides is 2. The first-order valence-corrected chi connectivity index (χ1v) is 9.06. The number of benzene rings is 2. The summed E-state index contributed by atoms with van der Waals surface area (Å²) >= 11 is 0. The topological polar surface area (TPSA) is 92.3 Å². The Morgan fingerprint density at radius 3 is 2.12 bits per heavy atom. The average Bonchev–Trinajstić information content (AvgIpc) is 2.50. The molecule has 2 N–H and O–H groups in total. The Balaban J connectivity index is 2.29. The number of hydrogen-bond donors (Lipinski definition) is 2. The van der Waals surface area contributed by atoms with Crippen LogP contribution in [-0.4, -0.2) is 26.5 Å². The summed E-state index contributed by atoms with van der Waals surface area (Å²) in [6, 6.07) is 11.0. The molecule has 0 bridgehead atoms. The highest BCUT2D eigenvalue weighted by molar-refractivity contribution is 7.90. The maximum Gasteiger partial charge on any atom is 0.255 e. The lowest BCUT2D eigenvalue weighted by molar-refractivity contribution is -0.114. The summed E-state index contributed by atoms with van der Waals surface area (Å²) in [6.45, 7) is 3.18. The first kappa shape index (κ1) is 17.7.